The molecule has 2 aliphatic rings. The van der Waals surface area contributed by atoms with Crippen LogP contribution in [0.3, 0.4) is 0 Å². The molecule has 1 aliphatic carbocycles. The molecular weight excluding hydrogens is 528 g/mol. The van der Waals surface area contributed by atoms with Crippen LogP contribution in [-0.4, -0.2) is 47.8 Å². The first kappa shape index (κ1) is 32.0. The second kappa shape index (κ2) is 12.1. The van der Waals surface area contributed by atoms with E-state index < -0.39 is 25.0 Å². The maximum absolute atomic E-state index is 14.1. The van der Waals surface area contributed by atoms with Crippen molar-refractivity contribution in [1.82, 2.24) is 10.0 Å². The molecule has 1 saturated heterocycles. The van der Waals surface area contributed by atoms with Crippen molar-refractivity contribution >= 4 is 30.8 Å². The van der Waals surface area contributed by atoms with Crippen LogP contribution in [0.1, 0.15) is 96.5 Å². The molecule has 0 unspecified atom stereocenters. The third kappa shape index (κ3) is 7.60. The van der Waals surface area contributed by atoms with Crippen molar-refractivity contribution in [1.29, 1.82) is 0 Å². The number of nitrogens with one attached hydrogen (secondary N) is 2. The van der Waals surface area contributed by atoms with E-state index in [9.17, 15) is 18.0 Å². The summed E-state index contributed by atoms with van der Waals surface area (Å²) in [6.45, 7) is 19.0. The molecule has 0 spiro atoms. The van der Waals surface area contributed by atoms with Crippen LogP contribution in [0, 0.1) is 23.2 Å². The molecule has 1 saturated carbocycles. The molecule has 3 rings (SSSR count). The third-order valence-corrected chi connectivity index (χ3v) is 10.8. The van der Waals surface area contributed by atoms with Crippen molar-refractivity contribution in [2.75, 3.05) is 6.61 Å². The summed E-state index contributed by atoms with van der Waals surface area (Å²) in [4.78, 5) is 27.1. The molecule has 9 heteroatoms. The summed E-state index contributed by atoms with van der Waals surface area (Å²) >= 11 is 0. The summed E-state index contributed by atoms with van der Waals surface area (Å²) in [6, 6.07) is 4.55. The highest BCUT2D eigenvalue weighted by molar-refractivity contribution is 7.89. The second-order valence-corrected chi connectivity index (χ2v) is 18.1. The highest BCUT2D eigenvalue weighted by atomic mass is 32.2. The molecule has 7 nitrogen and oxygen atoms in total. The van der Waals surface area contributed by atoms with Gasteiger partial charge in [0.1, 0.15) is 0 Å². The van der Waals surface area contributed by atoms with Gasteiger partial charge in [-0.3, -0.25) is 9.59 Å². The van der Waals surface area contributed by atoms with Gasteiger partial charge in [-0.05, 0) is 60.4 Å². The Morgan fingerprint density at radius 3 is 2.23 bits per heavy atom. The zero-order valence-corrected chi connectivity index (χ0v) is 27.4. The summed E-state index contributed by atoms with van der Waals surface area (Å²) in [7, 11) is -5.05. The number of ketones is 1. The molecule has 1 heterocycles. The molecule has 2 N–H and O–H groups in total. The highest BCUT2D eigenvalue weighted by Crippen LogP contribution is 2.41. The number of Topliss-reactive ketones (excluding diaryl/α,β-unsaturated/α-hetero) is 1. The van der Waals surface area contributed by atoms with Crippen LogP contribution in [0.15, 0.2) is 23.1 Å². The van der Waals surface area contributed by atoms with Gasteiger partial charge >= 0.3 is 0 Å². The molecule has 2 fully saturated rings. The molecule has 1 aliphatic heterocycles. The number of sulfonamides is 1. The Kier molecular flexibility index (Phi) is 9.94. The van der Waals surface area contributed by atoms with Crippen LogP contribution in [0.25, 0.3) is 0 Å². The van der Waals surface area contributed by atoms with Gasteiger partial charge in [0.25, 0.3) is 0 Å². The number of carbonyl (C=O) groups is 2. The summed E-state index contributed by atoms with van der Waals surface area (Å²) in [5, 5.41) is 3.01. The fraction of sp³-hybridized carbons (Fsp3) is 0.733. The lowest BCUT2D eigenvalue weighted by molar-refractivity contribution is -0.143. The fourth-order valence-corrected chi connectivity index (χ4v) is 7.86. The molecule has 1 aromatic rings. The quantitative estimate of drug-likeness (QED) is 0.226. The molecule has 220 valence electrons. The van der Waals surface area contributed by atoms with Gasteiger partial charge in [-0.25, -0.2) is 13.1 Å². The summed E-state index contributed by atoms with van der Waals surface area (Å²) in [5.41, 5.74) is 0.678. The van der Waals surface area contributed by atoms with Gasteiger partial charge in [0.05, 0.1) is 16.9 Å². The Labute approximate surface area is 238 Å². The van der Waals surface area contributed by atoms with E-state index in [1.54, 1.807) is 18.2 Å². The van der Waals surface area contributed by atoms with E-state index in [2.05, 4.69) is 43.9 Å². The summed E-state index contributed by atoms with van der Waals surface area (Å²) in [5.74, 6) is -1.07. The van der Waals surface area contributed by atoms with Gasteiger partial charge in [-0.2, -0.15) is 0 Å². The minimum Gasteiger partial charge on any atom is -0.420 e. The number of rotatable bonds is 10. The fourth-order valence-electron chi connectivity index (χ4n) is 5.94. The Bertz CT molecular complexity index is 1150. The summed E-state index contributed by atoms with van der Waals surface area (Å²) in [6.07, 6.45) is 4.85. The van der Waals surface area contributed by atoms with Crippen LogP contribution in [0.2, 0.25) is 13.1 Å². The van der Waals surface area contributed by atoms with Gasteiger partial charge in [-0.1, -0.05) is 73.8 Å². The molecule has 4 atom stereocenters. The van der Waals surface area contributed by atoms with Crippen molar-refractivity contribution in [3.63, 3.8) is 0 Å². The Morgan fingerprint density at radius 2 is 1.72 bits per heavy atom. The van der Waals surface area contributed by atoms with E-state index >= 15 is 0 Å². The minimum atomic E-state index is -3.77. The minimum absolute atomic E-state index is 0.0325. The average Bonchev–Trinajstić information content (AvgIpc) is 2.82. The number of hydrogen-bond donors (Lipinski definition) is 2. The highest BCUT2D eigenvalue weighted by Gasteiger charge is 2.52. The van der Waals surface area contributed by atoms with Crippen molar-refractivity contribution in [2.24, 2.45) is 23.2 Å². The monoisotopic (exact) mass is 578 g/mol. The topological polar surface area (TPSA) is 102 Å². The van der Waals surface area contributed by atoms with Crippen LogP contribution >= 0.6 is 0 Å². The predicted molar refractivity (Wildman–Crippen MR) is 159 cm³/mol. The lowest BCUT2D eigenvalue weighted by atomic mass is 9.64. The lowest BCUT2D eigenvalue weighted by Gasteiger charge is -2.48. The summed E-state index contributed by atoms with van der Waals surface area (Å²) < 4.78 is 35.6. The zero-order chi connectivity index (χ0) is 29.3. The maximum Gasteiger partial charge on any atom is 0.240 e. The van der Waals surface area contributed by atoms with Crippen molar-refractivity contribution in [2.45, 2.75) is 116 Å². The van der Waals surface area contributed by atoms with E-state index in [1.807, 2.05) is 27.7 Å². The van der Waals surface area contributed by atoms with Gasteiger partial charge in [0.15, 0.2) is 14.8 Å². The lowest BCUT2D eigenvalue weighted by Crippen LogP contribution is -2.66. The first-order valence-electron chi connectivity index (χ1n) is 14.6. The van der Waals surface area contributed by atoms with E-state index in [1.165, 1.54) is 0 Å². The van der Waals surface area contributed by atoms with Crippen molar-refractivity contribution < 1.29 is 22.4 Å². The van der Waals surface area contributed by atoms with Gasteiger partial charge in [-0.15, -0.1) is 0 Å². The zero-order valence-electron chi connectivity index (χ0n) is 25.4. The molecule has 39 heavy (non-hydrogen) atoms. The van der Waals surface area contributed by atoms with E-state index in [0.29, 0.717) is 12.2 Å². The molecule has 0 bridgehead atoms. The van der Waals surface area contributed by atoms with Gasteiger partial charge in [0, 0.05) is 24.1 Å². The molecule has 1 aromatic carbocycles. The molecular formula is C30H50N2O5SSi. The van der Waals surface area contributed by atoms with Gasteiger partial charge in [0.2, 0.25) is 15.9 Å². The van der Waals surface area contributed by atoms with Crippen molar-refractivity contribution in [3.05, 3.63) is 29.3 Å². The van der Waals surface area contributed by atoms with Gasteiger partial charge < -0.3 is 9.74 Å². The predicted octanol–water partition coefficient (Wildman–Crippen LogP) is 5.19. The first-order valence-corrected chi connectivity index (χ1v) is 18.8. The van der Waals surface area contributed by atoms with E-state index in [4.69, 9.17) is 4.43 Å². The molecule has 0 aromatic heterocycles. The smallest absolute Gasteiger partial charge is 0.240 e. The molecule has 0 radical (unpaired) electrons. The normalized spacial score (nSPS) is 22.8. The van der Waals surface area contributed by atoms with E-state index in [-0.39, 0.29) is 51.3 Å². The largest absolute Gasteiger partial charge is 0.420 e. The number of amides is 1. The van der Waals surface area contributed by atoms with Crippen LogP contribution in [0.5, 0.6) is 0 Å². The van der Waals surface area contributed by atoms with Crippen LogP contribution in [-0.2, 0) is 24.7 Å². The SMILES string of the molecule is C[C@@H](C(=O)c1cc(S(=O)(=O)NC2CCCCC2)ccc1C(C)(C)C)[C@H]1NC(=O)[C@H]1[C@@H](CO[SiH](C)C)C(C)(C)C. The van der Waals surface area contributed by atoms with E-state index in [0.717, 1.165) is 37.7 Å². The maximum atomic E-state index is 14.1. The number of β-lactam (4-membered cyclic amide) rings is 1. The number of carbonyl (C=O) groups excluding carboxylic acids is 2. The second-order valence-electron chi connectivity index (χ2n) is 14.0. The first-order chi connectivity index (χ1) is 17.9. The van der Waals surface area contributed by atoms with Crippen LogP contribution < -0.4 is 10.0 Å². The van der Waals surface area contributed by atoms with Crippen LogP contribution in [0.4, 0.5) is 0 Å². The Balaban J connectivity index is 1.94. The average molecular weight is 579 g/mol. The molecule has 1 amide bonds. The van der Waals surface area contributed by atoms with Crippen molar-refractivity contribution in [3.8, 4) is 0 Å². The third-order valence-electron chi connectivity index (χ3n) is 8.41. The Hall–Kier alpha value is -1.55. The number of benzene rings is 1. The number of hydrogen-bond acceptors (Lipinski definition) is 5. The standard InChI is InChI=1S/C30H50N2O5SSi/c1-19(26-25(28(34)31-26)24(30(5,6)7)18-37-39(8)9)27(33)22-17-21(15-16-23(22)29(2,3)4)38(35,36)32-20-13-11-10-12-14-20/h15-17,19-20,24-26,32,39H,10-14,18H2,1-9H3,(H,31,34)/t19-,24-,25+,26-/m1/s1. The Morgan fingerprint density at radius 1 is 1.10 bits per heavy atom.